The van der Waals surface area contributed by atoms with Crippen LogP contribution in [0.3, 0.4) is 0 Å². The van der Waals surface area contributed by atoms with E-state index in [0.29, 0.717) is 10.6 Å². The van der Waals surface area contributed by atoms with Crippen LogP contribution >= 0.6 is 14.9 Å². The van der Waals surface area contributed by atoms with Crippen LogP contribution in [0.1, 0.15) is 0 Å². The van der Waals surface area contributed by atoms with Gasteiger partial charge in [-0.15, -0.1) is 0 Å². The van der Waals surface area contributed by atoms with Gasteiger partial charge in [-0.2, -0.15) is 0 Å². The largest absolute Gasteiger partial charge is 0.309 e. The second kappa shape index (κ2) is 16.2. The zero-order valence-corrected chi connectivity index (χ0v) is 39.1. The van der Waals surface area contributed by atoms with Gasteiger partial charge >= 0.3 is 14.9 Å². The van der Waals surface area contributed by atoms with Gasteiger partial charge in [0.1, 0.15) is 0 Å². The lowest BCUT2D eigenvalue weighted by atomic mass is 10.0. The van der Waals surface area contributed by atoms with Crippen molar-refractivity contribution < 1.29 is 9.13 Å². The summed E-state index contributed by atoms with van der Waals surface area (Å²) in [6.45, 7) is 0. The van der Waals surface area contributed by atoms with Crippen LogP contribution in [-0.2, 0) is 9.13 Å². The molecule has 2 aliphatic rings. The van der Waals surface area contributed by atoms with Crippen molar-refractivity contribution in [2.24, 2.45) is 0 Å². The summed E-state index contributed by atoms with van der Waals surface area (Å²) >= 11 is 0. The molecule has 0 unspecified atom stereocenters. The number of nitrogens with zero attached hydrogens (tertiary/aromatic N) is 5. The van der Waals surface area contributed by atoms with Crippen molar-refractivity contribution in [3.63, 3.8) is 0 Å². The number of anilines is 8. The summed E-state index contributed by atoms with van der Waals surface area (Å²) in [4.78, 5) is 0. The van der Waals surface area contributed by atoms with Gasteiger partial charge in [0.2, 0.25) is 0 Å². The van der Waals surface area contributed by atoms with Crippen molar-refractivity contribution >= 4 is 92.8 Å². The van der Waals surface area contributed by atoms with E-state index >= 15 is 9.13 Å². The van der Waals surface area contributed by atoms with E-state index < -0.39 is 14.9 Å². The molecule has 0 saturated heterocycles. The molecule has 7 nitrogen and oxygen atoms in total. The van der Waals surface area contributed by atoms with Crippen LogP contribution in [0.5, 0.6) is 0 Å². The fourth-order valence-corrected chi connectivity index (χ4v) is 16.7. The number of rotatable bonds is 8. The Labute approximate surface area is 401 Å². The van der Waals surface area contributed by atoms with E-state index in [1.165, 1.54) is 0 Å². The maximum atomic E-state index is 17.6. The minimum absolute atomic E-state index is 0.540. The Bertz CT molecular complexity index is 3520. The summed E-state index contributed by atoms with van der Waals surface area (Å²) in [6, 6.07) is 87.8. The Morgan fingerprint density at radius 3 is 1.00 bits per heavy atom. The first kappa shape index (κ1) is 40.9. The lowest BCUT2D eigenvalue weighted by Gasteiger charge is -2.36. The molecule has 3 heterocycles. The van der Waals surface area contributed by atoms with Crippen LogP contribution in [0.4, 0.5) is 45.5 Å². The van der Waals surface area contributed by atoms with Crippen molar-refractivity contribution in [3.05, 3.63) is 261 Å². The summed E-state index contributed by atoms with van der Waals surface area (Å²) in [7, 11) is -7.98. The summed E-state index contributed by atoms with van der Waals surface area (Å²) in [5, 5.41) is 3.27. The fourth-order valence-electron chi connectivity index (χ4n) is 10.4. The Kier molecular flexibility index (Phi) is 9.59. The molecule has 0 fully saturated rings. The Hall–Kier alpha value is -8.34. The van der Waals surface area contributed by atoms with Crippen LogP contribution in [0.25, 0.3) is 38.6 Å². The number of hydrogen-bond donors (Lipinski definition) is 0. The van der Waals surface area contributed by atoms with Crippen LogP contribution < -0.4 is 29.3 Å². The van der Waals surface area contributed by atoms with Gasteiger partial charge in [-0.25, -0.2) is 0 Å². The molecule has 330 valence electrons. The number of hydrogen-bond acceptors (Lipinski definition) is 2. The van der Waals surface area contributed by atoms with Gasteiger partial charge < -0.3 is 4.57 Å². The van der Waals surface area contributed by atoms with E-state index in [4.69, 9.17) is 0 Å². The lowest BCUT2D eigenvalue weighted by molar-refractivity contribution is 0.582. The highest BCUT2D eigenvalue weighted by Crippen LogP contribution is 2.72. The number of benzene rings is 10. The summed E-state index contributed by atoms with van der Waals surface area (Å²) in [5.74, 6) is 0. The minimum Gasteiger partial charge on any atom is -0.309 e. The average molecular weight is 928 g/mol. The van der Waals surface area contributed by atoms with E-state index in [2.05, 4.69) is 83.4 Å². The maximum Gasteiger partial charge on any atom is 0.301 e. The SMILES string of the molecule is O=P1(c2cc(-c3ccc4c(c3)c3ccccc3n4-c3ccccc3)cc(P3(=O)N(c4ccccc4)c4ccccc4N3c3ccccc3)c2)N(c2ccccc2)c2ccccc2N1c1ccccc1. The normalized spacial score (nSPS) is 14.6. The van der Waals surface area contributed by atoms with E-state index in [1.807, 2.05) is 201 Å². The smallest absolute Gasteiger partial charge is 0.301 e. The zero-order valence-electron chi connectivity index (χ0n) is 37.3. The third kappa shape index (κ3) is 6.28. The maximum absolute atomic E-state index is 17.6. The minimum atomic E-state index is -3.99. The van der Waals surface area contributed by atoms with Crippen LogP contribution in [0, 0.1) is 0 Å². The van der Waals surface area contributed by atoms with Gasteiger partial charge in [0.25, 0.3) is 0 Å². The molecule has 13 rings (SSSR count). The number of para-hydroxylation sites is 10. The second-order valence-corrected chi connectivity index (χ2v) is 22.1. The van der Waals surface area contributed by atoms with Gasteiger partial charge in [-0.1, -0.05) is 140 Å². The molecule has 0 N–H and O–H groups in total. The quantitative estimate of drug-likeness (QED) is 0.142. The van der Waals surface area contributed by atoms with Gasteiger partial charge in [0.05, 0.1) is 44.4 Å². The molecule has 0 aliphatic carbocycles. The molecule has 1 aromatic heterocycles. The molecule has 9 heteroatoms. The third-order valence-corrected chi connectivity index (χ3v) is 19.2. The first-order valence-corrected chi connectivity index (χ1v) is 26.3. The standard InChI is InChI=1S/C60H43N5O2P2/c66-68(62(47-24-8-2-9-25-47)57-34-18-19-35-58(57)63(68)48-26-10-3-11-27-48)51-40-45(44-38-39-56-54(42-44)53-32-16-17-33-55(53)61(56)46-22-6-1-7-23-46)41-52(43-51)69(67)64(49-28-12-4-13-29-49)59-36-20-21-37-60(59)65(69)50-30-14-5-15-31-50/h1-43H. The topological polar surface area (TPSA) is 52.0 Å². The van der Waals surface area contributed by atoms with E-state index in [1.54, 1.807) is 0 Å². The predicted molar refractivity (Wildman–Crippen MR) is 288 cm³/mol. The van der Waals surface area contributed by atoms with E-state index in [9.17, 15) is 0 Å². The predicted octanol–water partition coefficient (Wildman–Crippen LogP) is 16.1. The fraction of sp³-hybridized carbons (Fsp3) is 0. The number of fused-ring (bicyclic) bond motifs is 5. The molecule has 0 bridgehead atoms. The van der Waals surface area contributed by atoms with Crippen molar-refractivity contribution in [2.45, 2.75) is 0 Å². The lowest BCUT2D eigenvalue weighted by Crippen LogP contribution is -2.32. The number of aromatic nitrogens is 1. The zero-order chi connectivity index (χ0) is 46.1. The molecule has 69 heavy (non-hydrogen) atoms. The van der Waals surface area contributed by atoms with Crippen molar-refractivity contribution in [2.75, 3.05) is 18.7 Å². The van der Waals surface area contributed by atoms with E-state index in [0.717, 1.165) is 84.1 Å². The van der Waals surface area contributed by atoms with Crippen LogP contribution in [-0.4, -0.2) is 4.57 Å². The first-order valence-electron chi connectivity index (χ1n) is 23.1. The highest BCUT2D eigenvalue weighted by atomic mass is 31.2. The second-order valence-electron chi connectivity index (χ2n) is 17.3. The summed E-state index contributed by atoms with van der Waals surface area (Å²) < 4.78 is 45.5. The summed E-state index contributed by atoms with van der Waals surface area (Å²) in [5.41, 5.74) is 11.3. The van der Waals surface area contributed by atoms with Crippen molar-refractivity contribution in [3.8, 4) is 16.8 Å². The molecule has 0 atom stereocenters. The Morgan fingerprint density at radius 1 is 0.261 bits per heavy atom. The first-order chi connectivity index (χ1) is 34.0. The molecule has 0 amide bonds. The third-order valence-electron chi connectivity index (χ3n) is 13.4. The highest BCUT2D eigenvalue weighted by molar-refractivity contribution is 7.77. The molecular formula is C60H43N5O2P2. The molecule has 0 spiro atoms. The van der Waals surface area contributed by atoms with Crippen LogP contribution in [0.2, 0.25) is 0 Å². The molecule has 10 aromatic carbocycles. The Balaban J connectivity index is 1.14. The van der Waals surface area contributed by atoms with Crippen molar-refractivity contribution in [1.82, 2.24) is 4.57 Å². The monoisotopic (exact) mass is 927 g/mol. The van der Waals surface area contributed by atoms with Gasteiger partial charge in [0.15, 0.2) is 0 Å². The highest BCUT2D eigenvalue weighted by Gasteiger charge is 2.52. The average Bonchev–Trinajstić information content (AvgIpc) is 4.00. The van der Waals surface area contributed by atoms with Gasteiger partial charge in [0, 0.05) is 39.2 Å². The van der Waals surface area contributed by atoms with Gasteiger partial charge in [-0.05, 0) is 132 Å². The summed E-state index contributed by atoms with van der Waals surface area (Å²) in [6.07, 6.45) is 0. The molecule has 2 aliphatic heterocycles. The molecule has 0 saturated carbocycles. The van der Waals surface area contributed by atoms with E-state index in [-0.39, 0.29) is 0 Å². The molecule has 0 radical (unpaired) electrons. The van der Waals surface area contributed by atoms with Crippen LogP contribution in [0.15, 0.2) is 261 Å². The van der Waals surface area contributed by atoms with Gasteiger partial charge in [-0.3, -0.25) is 27.8 Å². The molecule has 11 aromatic rings. The van der Waals surface area contributed by atoms with Crippen molar-refractivity contribution in [1.29, 1.82) is 0 Å². The Morgan fingerprint density at radius 2 is 0.594 bits per heavy atom. The molecular weight excluding hydrogens is 885 g/mol.